The number of aryl methyl sites for hydroxylation is 1. The quantitative estimate of drug-likeness (QED) is 0.741. The minimum atomic E-state index is -3.71. The van der Waals surface area contributed by atoms with Gasteiger partial charge in [0.25, 0.3) is 0 Å². The van der Waals surface area contributed by atoms with Crippen LogP contribution in [0.5, 0.6) is 0 Å². The van der Waals surface area contributed by atoms with E-state index < -0.39 is 10.0 Å². The Labute approximate surface area is 114 Å². The molecule has 0 fully saturated rings. The van der Waals surface area contributed by atoms with Gasteiger partial charge in [-0.15, -0.1) is 0 Å². The van der Waals surface area contributed by atoms with Gasteiger partial charge in [0.15, 0.2) is 5.82 Å². The number of hydrogen-bond donors (Lipinski definition) is 2. The molecule has 0 aliphatic carbocycles. The Bertz CT molecular complexity index is 524. The van der Waals surface area contributed by atoms with Crippen LogP contribution in [0, 0.1) is 6.92 Å². The van der Waals surface area contributed by atoms with Gasteiger partial charge in [0, 0.05) is 20.1 Å². The molecule has 0 aliphatic rings. The van der Waals surface area contributed by atoms with Gasteiger partial charge in [-0.1, -0.05) is 13.3 Å². The first-order valence-electron chi connectivity index (χ1n) is 6.26. The Morgan fingerprint density at radius 2 is 2.05 bits per heavy atom. The average Bonchev–Trinajstić information content (AvgIpc) is 2.58. The topological polar surface area (TPSA) is 101 Å². The number of nitrogen functional groups attached to an aromatic ring is 1. The van der Waals surface area contributed by atoms with E-state index in [4.69, 9.17) is 10.8 Å². The zero-order valence-corrected chi connectivity index (χ0v) is 12.4. The number of unbranched alkanes of at least 4 members (excludes halogenated alkanes) is 1. The number of nitrogens with two attached hydrogens (primary N) is 1. The van der Waals surface area contributed by atoms with E-state index in [0.717, 1.165) is 12.8 Å². The van der Waals surface area contributed by atoms with Crippen molar-refractivity contribution in [1.29, 1.82) is 0 Å². The summed E-state index contributed by atoms with van der Waals surface area (Å²) in [7, 11) is -2.07. The first-order valence-corrected chi connectivity index (χ1v) is 7.70. The number of rotatable bonds is 7. The van der Waals surface area contributed by atoms with E-state index in [-0.39, 0.29) is 23.9 Å². The highest BCUT2D eigenvalue weighted by molar-refractivity contribution is 7.89. The predicted molar refractivity (Wildman–Crippen MR) is 73.1 cm³/mol. The lowest BCUT2D eigenvalue weighted by atomic mass is 10.3. The lowest BCUT2D eigenvalue weighted by Crippen LogP contribution is -2.35. The molecule has 0 saturated carbocycles. The van der Waals surface area contributed by atoms with E-state index in [1.54, 1.807) is 14.0 Å². The van der Waals surface area contributed by atoms with Crippen LogP contribution in [0.2, 0.25) is 0 Å². The van der Waals surface area contributed by atoms with Gasteiger partial charge in [0.1, 0.15) is 4.90 Å². The van der Waals surface area contributed by atoms with Gasteiger partial charge in [-0.3, -0.25) is 4.68 Å². The largest absolute Gasteiger partial charge is 0.395 e. The second kappa shape index (κ2) is 6.36. The highest BCUT2D eigenvalue weighted by atomic mass is 32.2. The fraction of sp³-hybridized carbons (Fsp3) is 0.727. The maximum Gasteiger partial charge on any atom is 0.248 e. The highest BCUT2D eigenvalue weighted by Crippen LogP contribution is 2.25. The second-order valence-corrected chi connectivity index (χ2v) is 6.28. The Kier molecular flexibility index (Phi) is 5.33. The molecule has 0 bridgehead atoms. The summed E-state index contributed by atoms with van der Waals surface area (Å²) < 4.78 is 27.8. The Balaban J connectivity index is 3.18. The van der Waals surface area contributed by atoms with Gasteiger partial charge in [0.05, 0.1) is 12.3 Å². The van der Waals surface area contributed by atoms with Crippen LogP contribution in [-0.2, 0) is 17.1 Å². The first kappa shape index (κ1) is 15.9. The lowest BCUT2D eigenvalue weighted by molar-refractivity contribution is 0.252. The summed E-state index contributed by atoms with van der Waals surface area (Å²) in [5.41, 5.74) is 6.19. The van der Waals surface area contributed by atoms with E-state index in [2.05, 4.69) is 5.10 Å². The van der Waals surface area contributed by atoms with Crippen LogP contribution in [0.4, 0.5) is 5.82 Å². The fourth-order valence-electron chi connectivity index (χ4n) is 1.86. The van der Waals surface area contributed by atoms with Gasteiger partial charge >= 0.3 is 0 Å². The predicted octanol–water partition coefficient (Wildman–Crippen LogP) is 0.0938. The summed E-state index contributed by atoms with van der Waals surface area (Å²) >= 11 is 0. The molecular formula is C11H22N4O3S. The van der Waals surface area contributed by atoms with Crippen molar-refractivity contribution < 1.29 is 13.5 Å². The standard InChI is InChI=1S/C11H22N4O3S/c1-4-5-6-15(7-8-16)19(17,18)10-9(2)14(3)13-11(10)12/h16H,4-8H2,1-3H3,(H2,12,13). The second-order valence-electron chi connectivity index (χ2n) is 4.40. The van der Waals surface area contributed by atoms with Crippen molar-refractivity contribution in [1.82, 2.24) is 14.1 Å². The monoisotopic (exact) mass is 290 g/mol. The van der Waals surface area contributed by atoms with Crippen molar-refractivity contribution >= 4 is 15.8 Å². The maximum atomic E-state index is 12.6. The highest BCUT2D eigenvalue weighted by Gasteiger charge is 2.30. The van der Waals surface area contributed by atoms with Crippen LogP contribution in [0.3, 0.4) is 0 Å². The van der Waals surface area contributed by atoms with Gasteiger partial charge in [-0.2, -0.15) is 9.40 Å². The Hall–Kier alpha value is -1.12. The molecule has 3 N–H and O–H groups in total. The van der Waals surface area contributed by atoms with E-state index >= 15 is 0 Å². The molecule has 0 unspecified atom stereocenters. The van der Waals surface area contributed by atoms with Crippen molar-refractivity contribution in [3.05, 3.63) is 5.69 Å². The molecule has 1 aromatic rings. The molecule has 7 nitrogen and oxygen atoms in total. The molecule has 1 heterocycles. The molecule has 110 valence electrons. The van der Waals surface area contributed by atoms with Crippen LogP contribution in [0.25, 0.3) is 0 Å². The molecule has 8 heteroatoms. The molecule has 19 heavy (non-hydrogen) atoms. The number of sulfonamides is 1. The SMILES string of the molecule is CCCCN(CCO)S(=O)(=O)c1c(N)nn(C)c1C. The number of aliphatic hydroxyl groups excluding tert-OH is 1. The van der Waals surface area contributed by atoms with Crippen molar-refractivity contribution in [2.75, 3.05) is 25.4 Å². The van der Waals surface area contributed by atoms with Gasteiger partial charge in [-0.05, 0) is 13.3 Å². The lowest BCUT2D eigenvalue weighted by Gasteiger charge is -2.21. The number of nitrogens with zero attached hydrogens (tertiary/aromatic N) is 3. The van der Waals surface area contributed by atoms with E-state index in [0.29, 0.717) is 12.2 Å². The molecule has 0 saturated heterocycles. The van der Waals surface area contributed by atoms with Crippen molar-refractivity contribution in [3.8, 4) is 0 Å². The minimum Gasteiger partial charge on any atom is -0.395 e. The van der Waals surface area contributed by atoms with Crippen molar-refractivity contribution in [2.45, 2.75) is 31.6 Å². The molecule has 1 aromatic heterocycles. The molecular weight excluding hydrogens is 268 g/mol. The summed E-state index contributed by atoms with van der Waals surface area (Å²) in [5.74, 6) is -0.000520. The average molecular weight is 290 g/mol. The van der Waals surface area contributed by atoms with Crippen LogP contribution >= 0.6 is 0 Å². The van der Waals surface area contributed by atoms with Crippen molar-refractivity contribution in [3.63, 3.8) is 0 Å². The number of hydrogen-bond acceptors (Lipinski definition) is 5. The summed E-state index contributed by atoms with van der Waals surface area (Å²) in [6.07, 6.45) is 1.61. The van der Waals surface area contributed by atoms with E-state index in [1.165, 1.54) is 8.99 Å². The van der Waals surface area contributed by atoms with Gasteiger partial charge in [-0.25, -0.2) is 8.42 Å². The fourth-order valence-corrected chi connectivity index (χ4v) is 3.62. The van der Waals surface area contributed by atoms with E-state index in [9.17, 15) is 8.42 Å². The number of anilines is 1. The van der Waals surface area contributed by atoms with Crippen molar-refractivity contribution in [2.24, 2.45) is 7.05 Å². The normalized spacial score (nSPS) is 12.3. The molecule has 0 amide bonds. The van der Waals surface area contributed by atoms with Gasteiger partial charge < -0.3 is 10.8 Å². The third kappa shape index (κ3) is 3.26. The maximum absolute atomic E-state index is 12.6. The van der Waals surface area contributed by atoms with Crippen LogP contribution in [-0.4, -0.2) is 47.3 Å². The Morgan fingerprint density at radius 3 is 2.47 bits per heavy atom. The molecule has 0 atom stereocenters. The summed E-state index contributed by atoms with van der Waals surface area (Å²) in [6, 6.07) is 0. The molecule has 0 radical (unpaired) electrons. The number of aliphatic hydroxyl groups is 1. The zero-order chi connectivity index (χ0) is 14.6. The third-order valence-corrected chi connectivity index (χ3v) is 5.08. The molecule has 0 aromatic carbocycles. The minimum absolute atomic E-state index is 0.000520. The first-order chi connectivity index (χ1) is 8.86. The van der Waals surface area contributed by atoms with Gasteiger partial charge in [0.2, 0.25) is 10.0 Å². The summed E-state index contributed by atoms with van der Waals surface area (Å²) in [4.78, 5) is 0.0413. The van der Waals surface area contributed by atoms with Crippen LogP contribution in [0.1, 0.15) is 25.5 Å². The Morgan fingerprint density at radius 1 is 1.42 bits per heavy atom. The van der Waals surface area contributed by atoms with Crippen LogP contribution < -0.4 is 5.73 Å². The van der Waals surface area contributed by atoms with E-state index in [1.807, 2.05) is 6.92 Å². The smallest absolute Gasteiger partial charge is 0.248 e. The molecule has 0 aliphatic heterocycles. The molecule has 1 rings (SSSR count). The third-order valence-electron chi connectivity index (χ3n) is 3.01. The summed E-state index contributed by atoms with van der Waals surface area (Å²) in [5, 5.41) is 13.0. The zero-order valence-electron chi connectivity index (χ0n) is 11.6. The van der Waals surface area contributed by atoms with Crippen LogP contribution in [0.15, 0.2) is 4.90 Å². The summed E-state index contributed by atoms with van der Waals surface area (Å²) in [6.45, 7) is 3.85. The number of aromatic nitrogens is 2. The molecule has 0 spiro atoms.